The second-order valence-corrected chi connectivity index (χ2v) is 9.11. The van der Waals surface area contributed by atoms with Crippen molar-refractivity contribution in [1.29, 1.82) is 0 Å². The minimum absolute atomic E-state index is 0.673. The van der Waals surface area contributed by atoms with Crippen molar-refractivity contribution in [2.75, 3.05) is 0 Å². The summed E-state index contributed by atoms with van der Waals surface area (Å²) in [6.45, 7) is 0. The number of aromatic nitrogens is 1. The highest BCUT2D eigenvalue weighted by Gasteiger charge is 2.20. The molecular weight excluding hydrogens is 369 g/mol. The van der Waals surface area contributed by atoms with Crippen molar-refractivity contribution in [3.8, 4) is 11.1 Å². The van der Waals surface area contributed by atoms with Gasteiger partial charge in [-0.3, -0.25) is 4.98 Å². The molecule has 138 valence electrons. The molecule has 0 aliphatic rings. The Morgan fingerprint density at radius 1 is 0.552 bits per heavy atom. The van der Waals surface area contributed by atoms with Crippen molar-refractivity contribution in [2.24, 2.45) is 0 Å². The largest absolute Gasteiger partial charge is 0.264 e. The molecule has 0 atom stereocenters. The summed E-state index contributed by atoms with van der Waals surface area (Å²) in [6, 6.07) is 39.2. The van der Waals surface area contributed by atoms with Crippen molar-refractivity contribution in [3.63, 3.8) is 0 Å². The van der Waals surface area contributed by atoms with Crippen LogP contribution < -0.4 is 15.9 Å². The van der Waals surface area contributed by atoms with Gasteiger partial charge in [-0.15, -0.1) is 0 Å². The zero-order chi connectivity index (χ0) is 19.5. The van der Waals surface area contributed by atoms with Gasteiger partial charge in [0, 0.05) is 18.0 Å². The zero-order valence-electron chi connectivity index (χ0n) is 15.9. The Morgan fingerprint density at radius 2 is 1.21 bits per heavy atom. The van der Waals surface area contributed by atoms with Gasteiger partial charge in [-0.1, -0.05) is 103 Å². The van der Waals surface area contributed by atoms with Crippen molar-refractivity contribution < 1.29 is 0 Å². The zero-order valence-corrected chi connectivity index (χ0v) is 16.8. The molecule has 0 N–H and O–H groups in total. The summed E-state index contributed by atoms with van der Waals surface area (Å²) in [5, 5.41) is 6.70. The Labute approximate surface area is 172 Å². The van der Waals surface area contributed by atoms with Crippen LogP contribution in [0.15, 0.2) is 122 Å². The van der Waals surface area contributed by atoms with Crippen molar-refractivity contribution in [3.05, 3.63) is 122 Å². The highest BCUT2D eigenvalue weighted by Crippen LogP contribution is 2.38. The van der Waals surface area contributed by atoms with E-state index < -0.39 is 7.92 Å². The van der Waals surface area contributed by atoms with Crippen molar-refractivity contribution >= 4 is 34.6 Å². The highest BCUT2D eigenvalue weighted by molar-refractivity contribution is 7.80. The maximum atomic E-state index is 4.36. The quantitative estimate of drug-likeness (QED) is 0.362. The molecule has 0 saturated heterocycles. The molecule has 0 unspecified atom stereocenters. The van der Waals surface area contributed by atoms with E-state index in [0.717, 1.165) is 5.56 Å². The molecule has 0 spiro atoms. The van der Waals surface area contributed by atoms with E-state index in [0.29, 0.717) is 0 Å². The number of hydrogen-bond acceptors (Lipinski definition) is 1. The molecule has 2 heteroatoms. The molecule has 1 aromatic heterocycles. The third-order valence-corrected chi connectivity index (χ3v) is 7.61. The number of nitrogens with zero attached hydrogens (tertiary/aromatic N) is 1. The van der Waals surface area contributed by atoms with Crippen LogP contribution in [0.25, 0.3) is 21.9 Å². The SMILES string of the molecule is c1ccc(P(c2ccccc2)c2cccc3cccc(-c4cccnc4)c23)cc1. The smallest absolute Gasteiger partial charge is 0.0346 e. The van der Waals surface area contributed by atoms with E-state index in [4.69, 9.17) is 0 Å². The lowest BCUT2D eigenvalue weighted by Crippen LogP contribution is -2.21. The van der Waals surface area contributed by atoms with Crippen LogP contribution in [0.3, 0.4) is 0 Å². The first-order valence-corrected chi connectivity index (χ1v) is 11.1. The lowest BCUT2D eigenvalue weighted by atomic mass is 9.99. The Balaban J connectivity index is 1.83. The predicted octanol–water partition coefficient (Wildman–Crippen LogP) is 5.66. The van der Waals surface area contributed by atoms with Crippen molar-refractivity contribution in [1.82, 2.24) is 4.98 Å². The topological polar surface area (TPSA) is 12.9 Å². The van der Waals surface area contributed by atoms with E-state index in [9.17, 15) is 0 Å². The average Bonchev–Trinajstić information content (AvgIpc) is 2.81. The molecule has 0 fully saturated rings. The molecule has 29 heavy (non-hydrogen) atoms. The first-order chi connectivity index (χ1) is 14.4. The Bertz CT molecular complexity index is 1190. The van der Waals surface area contributed by atoms with Crippen LogP contribution in [0, 0.1) is 0 Å². The van der Waals surface area contributed by atoms with Gasteiger partial charge in [-0.25, -0.2) is 0 Å². The Morgan fingerprint density at radius 3 is 1.83 bits per heavy atom. The molecule has 0 aliphatic carbocycles. The van der Waals surface area contributed by atoms with Gasteiger partial charge in [0.15, 0.2) is 0 Å². The summed E-state index contributed by atoms with van der Waals surface area (Å²) in [5.41, 5.74) is 2.40. The second kappa shape index (κ2) is 7.99. The number of benzene rings is 4. The molecule has 0 amide bonds. The van der Waals surface area contributed by atoms with Gasteiger partial charge in [-0.05, 0) is 46.2 Å². The van der Waals surface area contributed by atoms with Crippen LogP contribution in [-0.4, -0.2) is 4.98 Å². The summed E-state index contributed by atoms with van der Waals surface area (Å²) >= 11 is 0. The first-order valence-electron chi connectivity index (χ1n) is 9.74. The van der Waals surface area contributed by atoms with Crippen LogP contribution in [0.4, 0.5) is 0 Å². The molecule has 5 aromatic rings. The monoisotopic (exact) mass is 389 g/mol. The highest BCUT2D eigenvalue weighted by atomic mass is 31.1. The van der Waals surface area contributed by atoms with Gasteiger partial charge in [0.05, 0.1) is 0 Å². The van der Waals surface area contributed by atoms with Crippen LogP contribution in [0.1, 0.15) is 0 Å². The normalized spacial score (nSPS) is 11.1. The van der Waals surface area contributed by atoms with E-state index in [1.54, 1.807) is 0 Å². The maximum Gasteiger partial charge on any atom is 0.0346 e. The van der Waals surface area contributed by atoms with E-state index in [1.165, 1.54) is 32.2 Å². The summed E-state index contributed by atoms with van der Waals surface area (Å²) in [4.78, 5) is 4.36. The van der Waals surface area contributed by atoms with Crippen LogP contribution >= 0.6 is 7.92 Å². The fourth-order valence-corrected chi connectivity index (χ4v) is 6.35. The van der Waals surface area contributed by atoms with Crippen LogP contribution in [-0.2, 0) is 0 Å². The lowest BCUT2D eigenvalue weighted by Gasteiger charge is -2.22. The van der Waals surface area contributed by atoms with Gasteiger partial charge in [0.1, 0.15) is 0 Å². The summed E-state index contributed by atoms with van der Waals surface area (Å²) in [5.74, 6) is 0. The van der Waals surface area contributed by atoms with Gasteiger partial charge in [0.2, 0.25) is 0 Å². The average molecular weight is 389 g/mol. The molecule has 1 nitrogen and oxygen atoms in total. The third-order valence-electron chi connectivity index (χ3n) is 5.12. The summed E-state index contributed by atoms with van der Waals surface area (Å²) in [6.07, 6.45) is 3.79. The van der Waals surface area contributed by atoms with E-state index in [2.05, 4.69) is 108 Å². The van der Waals surface area contributed by atoms with E-state index >= 15 is 0 Å². The number of fused-ring (bicyclic) bond motifs is 1. The van der Waals surface area contributed by atoms with E-state index in [-0.39, 0.29) is 0 Å². The molecule has 0 bridgehead atoms. The molecule has 0 saturated carbocycles. The minimum Gasteiger partial charge on any atom is -0.264 e. The summed E-state index contributed by atoms with van der Waals surface area (Å²) in [7, 11) is -0.673. The molecular formula is C27H20NP. The number of pyridine rings is 1. The Kier molecular flexibility index (Phi) is 4.90. The third kappa shape index (κ3) is 3.46. The molecule has 1 heterocycles. The van der Waals surface area contributed by atoms with Gasteiger partial charge in [-0.2, -0.15) is 0 Å². The van der Waals surface area contributed by atoms with Crippen LogP contribution in [0.2, 0.25) is 0 Å². The minimum atomic E-state index is -0.673. The fraction of sp³-hybridized carbons (Fsp3) is 0. The number of hydrogen-bond donors (Lipinski definition) is 0. The maximum absolute atomic E-state index is 4.36. The molecule has 0 radical (unpaired) electrons. The molecule has 5 rings (SSSR count). The van der Waals surface area contributed by atoms with Gasteiger partial charge < -0.3 is 0 Å². The second-order valence-electron chi connectivity index (χ2n) is 6.93. The molecule has 0 aliphatic heterocycles. The predicted molar refractivity (Wildman–Crippen MR) is 126 cm³/mol. The van der Waals surface area contributed by atoms with E-state index in [1.807, 2.05) is 18.5 Å². The van der Waals surface area contributed by atoms with Crippen LogP contribution in [0.5, 0.6) is 0 Å². The van der Waals surface area contributed by atoms with Gasteiger partial charge >= 0.3 is 0 Å². The molecule has 4 aromatic carbocycles. The Hall–Kier alpha value is -3.28. The number of rotatable bonds is 4. The fourth-order valence-electron chi connectivity index (χ4n) is 3.85. The first kappa shape index (κ1) is 17.8. The standard InChI is InChI=1S/C27H20NP/c1-3-13-23(14-4-1)29(24-15-5-2-6-16-24)26-18-8-11-21-10-7-17-25(27(21)26)22-12-9-19-28-20-22/h1-20H. The summed E-state index contributed by atoms with van der Waals surface area (Å²) < 4.78 is 0. The van der Waals surface area contributed by atoms with Crippen molar-refractivity contribution in [2.45, 2.75) is 0 Å². The lowest BCUT2D eigenvalue weighted by molar-refractivity contribution is 1.33. The van der Waals surface area contributed by atoms with Gasteiger partial charge in [0.25, 0.3) is 0 Å².